The molecule has 19 heavy (non-hydrogen) atoms. The Hall–Kier alpha value is -1.11. The summed E-state index contributed by atoms with van der Waals surface area (Å²) in [5.41, 5.74) is 0.798. The summed E-state index contributed by atoms with van der Waals surface area (Å²) >= 11 is 4.99. The summed E-state index contributed by atoms with van der Waals surface area (Å²) in [6, 6.07) is 3.70. The van der Waals surface area contributed by atoms with E-state index in [1.807, 2.05) is 17.5 Å². The van der Waals surface area contributed by atoms with E-state index >= 15 is 0 Å². The van der Waals surface area contributed by atoms with Gasteiger partial charge in [0.25, 0.3) is 0 Å². The molecule has 4 nitrogen and oxygen atoms in total. The highest BCUT2D eigenvalue weighted by atomic mass is 79.9. The second-order valence-corrected chi connectivity index (χ2v) is 6.01. The average molecular weight is 342 g/mol. The Morgan fingerprint density at radius 3 is 3.00 bits per heavy atom. The fraction of sp³-hybridized carbons (Fsp3) is 0.308. The van der Waals surface area contributed by atoms with Crippen molar-refractivity contribution < 1.29 is 14.6 Å². The number of fused-ring (bicyclic) bond motifs is 1. The zero-order valence-corrected chi connectivity index (χ0v) is 12.4. The molecule has 0 saturated heterocycles. The standard InChI is InChI=1S/C13H12BrNO3S/c14-9-5-8(6-11-13(9)18-3-2-17-11)10(16)7-12-15-1-4-19-12/h1,4-6,10,16H,2-3,7H2. The molecule has 3 rings (SSSR count). The van der Waals surface area contributed by atoms with Crippen LogP contribution in [0.4, 0.5) is 0 Å². The van der Waals surface area contributed by atoms with Crippen LogP contribution in [0.15, 0.2) is 28.2 Å². The third kappa shape index (κ3) is 2.75. The monoisotopic (exact) mass is 341 g/mol. The zero-order valence-electron chi connectivity index (χ0n) is 10.0. The molecule has 0 fully saturated rings. The van der Waals surface area contributed by atoms with Crippen molar-refractivity contribution in [3.63, 3.8) is 0 Å². The fourth-order valence-corrected chi connectivity index (χ4v) is 3.19. The van der Waals surface area contributed by atoms with E-state index in [-0.39, 0.29) is 0 Å². The first-order valence-corrected chi connectivity index (χ1v) is 7.57. The average Bonchev–Trinajstić information content (AvgIpc) is 2.91. The third-order valence-electron chi connectivity index (χ3n) is 2.86. The van der Waals surface area contributed by atoms with Crippen LogP contribution >= 0.6 is 27.3 Å². The van der Waals surface area contributed by atoms with Gasteiger partial charge in [-0.15, -0.1) is 11.3 Å². The lowest BCUT2D eigenvalue weighted by Crippen LogP contribution is -2.16. The van der Waals surface area contributed by atoms with Gasteiger partial charge in [-0.1, -0.05) is 0 Å². The summed E-state index contributed by atoms with van der Waals surface area (Å²) in [4.78, 5) is 4.18. The number of aromatic nitrogens is 1. The normalized spacial score (nSPS) is 15.3. The van der Waals surface area contributed by atoms with Crippen LogP contribution in [0.25, 0.3) is 0 Å². The fourth-order valence-electron chi connectivity index (χ4n) is 1.96. The molecule has 1 aromatic heterocycles. The van der Waals surface area contributed by atoms with E-state index in [0.29, 0.717) is 31.1 Å². The number of hydrogen-bond donors (Lipinski definition) is 1. The number of rotatable bonds is 3. The molecule has 100 valence electrons. The van der Waals surface area contributed by atoms with Crippen molar-refractivity contribution in [3.05, 3.63) is 38.8 Å². The Morgan fingerprint density at radius 2 is 2.21 bits per heavy atom. The van der Waals surface area contributed by atoms with Crippen LogP contribution in [-0.4, -0.2) is 23.3 Å². The summed E-state index contributed by atoms with van der Waals surface area (Å²) in [6.07, 6.45) is 1.65. The molecule has 1 aliphatic heterocycles. The predicted octanol–water partition coefficient (Wildman–Crippen LogP) is 2.95. The summed E-state index contributed by atoms with van der Waals surface area (Å²) < 4.78 is 11.9. The Morgan fingerprint density at radius 1 is 1.37 bits per heavy atom. The van der Waals surface area contributed by atoms with E-state index in [1.165, 1.54) is 0 Å². The highest BCUT2D eigenvalue weighted by Crippen LogP contribution is 2.40. The van der Waals surface area contributed by atoms with Gasteiger partial charge in [0.05, 0.1) is 15.6 Å². The molecule has 0 aliphatic carbocycles. The first-order valence-electron chi connectivity index (χ1n) is 5.89. The van der Waals surface area contributed by atoms with Gasteiger partial charge in [-0.05, 0) is 33.6 Å². The Balaban J connectivity index is 1.86. The van der Waals surface area contributed by atoms with Gasteiger partial charge in [0.2, 0.25) is 0 Å². The molecule has 0 bridgehead atoms. The molecule has 0 radical (unpaired) electrons. The Kier molecular flexibility index (Phi) is 3.72. The van der Waals surface area contributed by atoms with Crippen molar-refractivity contribution in [2.45, 2.75) is 12.5 Å². The van der Waals surface area contributed by atoms with Crippen LogP contribution in [0.2, 0.25) is 0 Å². The van der Waals surface area contributed by atoms with Crippen LogP contribution in [-0.2, 0) is 6.42 Å². The predicted molar refractivity (Wildman–Crippen MR) is 75.9 cm³/mol. The number of aliphatic hydroxyl groups excluding tert-OH is 1. The molecule has 1 unspecified atom stereocenters. The maximum Gasteiger partial charge on any atom is 0.175 e. The van der Waals surface area contributed by atoms with Gasteiger partial charge < -0.3 is 14.6 Å². The lowest BCUT2D eigenvalue weighted by Gasteiger charge is -2.21. The minimum atomic E-state index is -0.599. The van der Waals surface area contributed by atoms with Gasteiger partial charge >= 0.3 is 0 Å². The number of halogens is 1. The van der Waals surface area contributed by atoms with Crippen molar-refractivity contribution in [1.29, 1.82) is 0 Å². The van der Waals surface area contributed by atoms with Crippen LogP contribution in [0.1, 0.15) is 16.7 Å². The number of nitrogens with zero attached hydrogens (tertiary/aromatic N) is 1. The van der Waals surface area contributed by atoms with E-state index < -0.39 is 6.10 Å². The SMILES string of the molecule is OC(Cc1nccs1)c1cc(Br)c2c(c1)OCCO2. The summed E-state index contributed by atoms with van der Waals surface area (Å²) in [5, 5.41) is 13.1. The molecular weight excluding hydrogens is 330 g/mol. The number of hydrogen-bond acceptors (Lipinski definition) is 5. The zero-order chi connectivity index (χ0) is 13.2. The van der Waals surface area contributed by atoms with Crippen LogP contribution in [0.3, 0.4) is 0 Å². The minimum Gasteiger partial charge on any atom is -0.486 e. The quantitative estimate of drug-likeness (QED) is 0.932. The lowest BCUT2D eigenvalue weighted by molar-refractivity contribution is 0.163. The maximum atomic E-state index is 10.3. The first-order chi connectivity index (χ1) is 9.24. The van der Waals surface area contributed by atoms with E-state index in [1.54, 1.807) is 17.5 Å². The number of aliphatic hydroxyl groups is 1. The summed E-state index contributed by atoms with van der Waals surface area (Å²) in [5.74, 6) is 1.38. The van der Waals surface area contributed by atoms with E-state index in [4.69, 9.17) is 9.47 Å². The van der Waals surface area contributed by atoms with Crippen LogP contribution < -0.4 is 9.47 Å². The van der Waals surface area contributed by atoms with Crippen molar-refractivity contribution in [2.24, 2.45) is 0 Å². The molecule has 0 saturated carbocycles. The molecule has 6 heteroatoms. The number of benzene rings is 1. The lowest BCUT2D eigenvalue weighted by atomic mass is 10.1. The molecule has 0 spiro atoms. The molecule has 2 heterocycles. The first kappa shape index (κ1) is 12.9. The Labute approximate surface area is 123 Å². The molecule has 1 aliphatic rings. The van der Waals surface area contributed by atoms with Gasteiger partial charge in [-0.2, -0.15) is 0 Å². The number of thiazole rings is 1. The summed E-state index contributed by atoms with van der Waals surface area (Å²) in [7, 11) is 0. The van der Waals surface area contributed by atoms with E-state index in [0.717, 1.165) is 15.0 Å². The second-order valence-electron chi connectivity index (χ2n) is 4.17. The summed E-state index contributed by atoms with van der Waals surface area (Å²) in [6.45, 7) is 1.08. The molecule has 2 aromatic rings. The van der Waals surface area contributed by atoms with Crippen LogP contribution in [0.5, 0.6) is 11.5 Å². The van der Waals surface area contributed by atoms with Crippen molar-refractivity contribution >= 4 is 27.3 Å². The van der Waals surface area contributed by atoms with Gasteiger partial charge in [0, 0.05) is 18.0 Å². The molecule has 1 atom stereocenters. The second kappa shape index (κ2) is 5.48. The largest absolute Gasteiger partial charge is 0.486 e. The van der Waals surface area contributed by atoms with Crippen molar-refractivity contribution in [2.75, 3.05) is 13.2 Å². The van der Waals surface area contributed by atoms with E-state index in [9.17, 15) is 5.11 Å². The van der Waals surface area contributed by atoms with Crippen molar-refractivity contribution in [1.82, 2.24) is 4.98 Å². The van der Waals surface area contributed by atoms with E-state index in [2.05, 4.69) is 20.9 Å². The van der Waals surface area contributed by atoms with Crippen LogP contribution in [0, 0.1) is 0 Å². The maximum absolute atomic E-state index is 10.3. The molecular formula is C13H12BrNO3S. The molecule has 1 aromatic carbocycles. The van der Waals surface area contributed by atoms with Gasteiger partial charge in [-0.3, -0.25) is 0 Å². The van der Waals surface area contributed by atoms with Gasteiger partial charge in [0.1, 0.15) is 13.2 Å². The number of ether oxygens (including phenoxy) is 2. The van der Waals surface area contributed by atoms with Gasteiger partial charge in [-0.25, -0.2) is 4.98 Å². The highest BCUT2D eigenvalue weighted by Gasteiger charge is 2.19. The van der Waals surface area contributed by atoms with Crippen molar-refractivity contribution in [3.8, 4) is 11.5 Å². The molecule has 0 amide bonds. The third-order valence-corrected chi connectivity index (χ3v) is 4.25. The smallest absolute Gasteiger partial charge is 0.175 e. The molecule has 1 N–H and O–H groups in total. The Bertz CT molecular complexity index is 574. The topological polar surface area (TPSA) is 51.6 Å². The van der Waals surface area contributed by atoms with Gasteiger partial charge in [0.15, 0.2) is 11.5 Å². The highest BCUT2D eigenvalue weighted by molar-refractivity contribution is 9.10. The minimum absolute atomic E-state index is 0.504.